The molecule has 2 rings (SSSR count). The van der Waals surface area contributed by atoms with E-state index in [4.69, 9.17) is 5.26 Å². The number of allylic oxidation sites excluding steroid dienone is 4. The molecule has 0 heterocycles. The highest BCUT2D eigenvalue weighted by atomic mass is 14.2. The van der Waals surface area contributed by atoms with Crippen LogP contribution < -0.4 is 0 Å². The summed E-state index contributed by atoms with van der Waals surface area (Å²) in [4.78, 5) is 0. The van der Waals surface area contributed by atoms with Crippen LogP contribution in [0.15, 0.2) is 85.0 Å². The Morgan fingerprint density at radius 3 is 1.71 bits per heavy atom. The number of nitriles is 1. The smallest absolute Gasteiger partial charge is 0.0912 e. The molecule has 0 amide bonds. The van der Waals surface area contributed by atoms with Gasteiger partial charge in [-0.15, -0.1) is 0 Å². The molecule has 0 unspecified atom stereocenters. The quantitative estimate of drug-likeness (QED) is 0.467. The van der Waals surface area contributed by atoms with Gasteiger partial charge in [-0.05, 0) is 16.5 Å². The fraction of sp³-hybridized carbons (Fsp3) is 0.174. The van der Waals surface area contributed by atoms with E-state index in [2.05, 4.69) is 57.2 Å². The summed E-state index contributed by atoms with van der Waals surface area (Å²) >= 11 is 0. The molecule has 0 aromatic heterocycles. The molecule has 0 atom stereocenters. The third-order valence-electron chi connectivity index (χ3n) is 2.95. The predicted octanol–water partition coefficient (Wildman–Crippen LogP) is 6.53. The largest absolute Gasteiger partial charge is 0.193 e. The van der Waals surface area contributed by atoms with E-state index < -0.39 is 0 Å². The van der Waals surface area contributed by atoms with Crippen LogP contribution in [-0.4, -0.2) is 0 Å². The summed E-state index contributed by atoms with van der Waals surface area (Å²) in [6.45, 7) is 6.60. The molecule has 0 radical (unpaired) electrons. The van der Waals surface area contributed by atoms with Gasteiger partial charge in [0, 0.05) is 6.08 Å². The highest BCUT2D eigenvalue weighted by molar-refractivity contribution is 5.51. The van der Waals surface area contributed by atoms with Crippen molar-refractivity contribution in [2.75, 3.05) is 0 Å². The van der Waals surface area contributed by atoms with Gasteiger partial charge >= 0.3 is 0 Å². The molecular formula is C23H25N. The number of hydrogen-bond donors (Lipinski definition) is 0. The third kappa shape index (κ3) is 9.97. The molecule has 122 valence electrons. The van der Waals surface area contributed by atoms with Gasteiger partial charge in [0.15, 0.2) is 0 Å². The van der Waals surface area contributed by atoms with Crippen molar-refractivity contribution in [3.63, 3.8) is 0 Å². The van der Waals surface area contributed by atoms with Gasteiger partial charge in [-0.3, -0.25) is 0 Å². The predicted molar refractivity (Wildman–Crippen MR) is 105 cm³/mol. The van der Waals surface area contributed by atoms with Gasteiger partial charge in [0.1, 0.15) is 0 Å². The second-order valence-electron chi connectivity index (χ2n) is 6.37. The Labute approximate surface area is 146 Å². The van der Waals surface area contributed by atoms with E-state index in [1.54, 1.807) is 6.08 Å². The Balaban J connectivity index is 0.000000240. The summed E-state index contributed by atoms with van der Waals surface area (Å²) in [6.07, 6.45) is 11.3. The van der Waals surface area contributed by atoms with Crippen LogP contribution in [0.1, 0.15) is 31.9 Å². The molecule has 0 bridgehead atoms. The molecule has 0 N–H and O–H groups in total. The molecule has 0 spiro atoms. The zero-order chi connectivity index (χ0) is 17.7. The molecule has 0 saturated carbocycles. The SMILES string of the molecule is CC(C)(C)C=Cc1ccccc1.N#CC=CC=Cc1ccccc1. The van der Waals surface area contributed by atoms with Crippen molar-refractivity contribution in [2.45, 2.75) is 20.8 Å². The van der Waals surface area contributed by atoms with Crippen molar-refractivity contribution >= 4 is 12.2 Å². The first-order valence-corrected chi connectivity index (χ1v) is 8.03. The summed E-state index contributed by atoms with van der Waals surface area (Å²) < 4.78 is 0. The molecule has 0 saturated heterocycles. The molecule has 0 aliphatic heterocycles. The fourth-order valence-corrected chi connectivity index (χ4v) is 1.74. The van der Waals surface area contributed by atoms with Crippen LogP contribution in [0, 0.1) is 16.7 Å². The Morgan fingerprint density at radius 2 is 1.25 bits per heavy atom. The van der Waals surface area contributed by atoms with Crippen molar-refractivity contribution in [1.29, 1.82) is 5.26 Å². The fourth-order valence-electron chi connectivity index (χ4n) is 1.74. The Kier molecular flexibility index (Phi) is 8.64. The maximum atomic E-state index is 8.19. The molecule has 1 nitrogen and oxygen atoms in total. The first-order valence-electron chi connectivity index (χ1n) is 8.03. The van der Waals surface area contributed by atoms with Crippen LogP contribution in [0.25, 0.3) is 12.2 Å². The topological polar surface area (TPSA) is 23.8 Å². The standard InChI is InChI=1S/C12H16.C11H9N/c1-12(2,3)10-9-11-7-5-4-6-8-11;12-10-6-2-5-9-11-7-3-1-4-8-11/h4-10H,1-3H3;1-9H. The van der Waals surface area contributed by atoms with Crippen molar-refractivity contribution < 1.29 is 0 Å². The summed E-state index contributed by atoms with van der Waals surface area (Å²) in [5, 5.41) is 8.19. The maximum Gasteiger partial charge on any atom is 0.0912 e. The third-order valence-corrected chi connectivity index (χ3v) is 2.95. The van der Waals surface area contributed by atoms with Crippen LogP contribution in [0.4, 0.5) is 0 Å². The van der Waals surface area contributed by atoms with Crippen molar-refractivity contribution in [2.24, 2.45) is 5.41 Å². The van der Waals surface area contributed by atoms with Crippen LogP contribution in [-0.2, 0) is 0 Å². The summed E-state index contributed by atoms with van der Waals surface area (Å²) in [7, 11) is 0. The lowest BCUT2D eigenvalue weighted by atomic mass is 9.95. The van der Waals surface area contributed by atoms with Gasteiger partial charge in [-0.25, -0.2) is 0 Å². The lowest BCUT2D eigenvalue weighted by Crippen LogP contribution is -1.97. The van der Waals surface area contributed by atoms with Gasteiger partial charge < -0.3 is 0 Å². The van der Waals surface area contributed by atoms with Crippen LogP contribution in [0.3, 0.4) is 0 Å². The lowest BCUT2D eigenvalue weighted by Gasteiger charge is -2.10. The molecule has 24 heavy (non-hydrogen) atoms. The summed E-state index contributed by atoms with van der Waals surface area (Å²) in [5.41, 5.74) is 2.68. The minimum atomic E-state index is 0.274. The minimum absolute atomic E-state index is 0.274. The van der Waals surface area contributed by atoms with E-state index in [-0.39, 0.29) is 5.41 Å². The summed E-state index contributed by atoms with van der Waals surface area (Å²) in [6, 6.07) is 22.3. The minimum Gasteiger partial charge on any atom is -0.193 e. The average Bonchev–Trinajstić information content (AvgIpc) is 2.59. The highest BCUT2D eigenvalue weighted by Gasteiger charge is 2.02. The molecule has 1 heteroatoms. The first-order chi connectivity index (χ1) is 11.5. The van der Waals surface area contributed by atoms with Crippen LogP contribution in [0.5, 0.6) is 0 Å². The molecule has 2 aromatic carbocycles. The Morgan fingerprint density at radius 1 is 0.750 bits per heavy atom. The zero-order valence-corrected chi connectivity index (χ0v) is 14.7. The first kappa shape index (κ1) is 19.2. The van der Waals surface area contributed by atoms with E-state index in [0.29, 0.717) is 0 Å². The van der Waals surface area contributed by atoms with Gasteiger partial charge in [0.25, 0.3) is 0 Å². The van der Waals surface area contributed by atoms with Crippen molar-refractivity contribution in [1.82, 2.24) is 0 Å². The van der Waals surface area contributed by atoms with E-state index >= 15 is 0 Å². The van der Waals surface area contributed by atoms with Gasteiger partial charge in [-0.1, -0.05) is 112 Å². The number of nitrogens with zero attached hydrogens (tertiary/aromatic N) is 1. The van der Waals surface area contributed by atoms with E-state index in [0.717, 1.165) is 5.56 Å². The Hall–Kier alpha value is -2.85. The summed E-state index contributed by atoms with van der Waals surface area (Å²) in [5.74, 6) is 0. The van der Waals surface area contributed by atoms with Gasteiger partial charge in [0.05, 0.1) is 6.07 Å². The molecule has 2 aromatic rings. The normalized spacial score (nSPS) is 11.4. The average molecular weight is 315 g/mol. The van der Waals surface area contributed by atoms with Gasteiger partial charge in [0.2, 0.25) is 0 Å². The lowest BCUT2D eigenvalue weighted by molar-refractivity contribution is 0.547. The van der Waals surface area contributed by atoms with Crippen LogP contribution in [0.2, 0.25) is 0 Å². The molecule has 0 aliphatic carbocycles. The van der Waals surface area contributed by atoms with E-state index in [1.807, 2.05) is 54.6 Å². The second kappa shape index (κ2) is 10.8. The zero-order valence-electron chi connectivity index (χ0n) is 14.7. The number of rotatable bonds is 3. The maximum absolute atomic E-state index is 8.19. The van der Waals surface area contributed by atoms with E-state index in [1.165, 1.54) is 11.6 Å². The number of hydrogen-bond acceptors (Lipinski definition) is 1. The van der Waals surface area contributed by atoms with Crippen molar-refractivity contribution in [3.05, 3.63) is 96.1 Å². The molecular weight excluding hydrogens is 290 g/mol. The Bertz CT molecular complexity index is 693. The van der Waals surface area contributed by atoms with E-state index in [9.17, 15) is 0 Å². The molecule has 0 aliphatic rings. The van der Waals surface area contributed by atoms with Crippen LogP contribution >= 0.6 is 0 Å². The van der Waals surface area contributed by atoms with Crippen molar-refractivity contribution in [3.8, 4) is 6.07 Å². The highest BCUT2D eigenvalue weighted by Crippen LogP contribution is 2.16. The second-order valence-corrected chi connectivity index (χ2v) is 6.37. The monoisotopic (exact) mass is 315 g/mol. The van der Waals surface area contributed by atoms with Gasteiger partial charge in [-0.2, -0.15) is 5.26 Å². The number of benzene rings is 2. The molecule has 0 fully saturated rings.